The van der Waals surface area contributed by atoms with Crippen LogP contribution in [0.25, 0.3) is 6.08 Å². The van der Waals surface area contributed by atoms with Crippen LogP contribution in [0.3, 0.4) is 0 Å². The van der Waals surface area contributed by atoms with Crippen LogP contribution in [-0.2, 0) is 16.7 Å². The van der Waals surface area contributed by atoms with E-state index >= 15 is 0 Å². The number of pyridine rings is 1. The molecular formula is C29H46NO3S+. The standard InChI is InChI=1S/C21H38N.C8H8O3S/c1-2-3-4-5-6-7-8-9-10-11-12-13-14-16-19-22-20-17-15-18-21-22;9-12(10,11)7-6-8-4-2-1-3-5-8/h15,17-18,20-21H,2-14,16,19H2,1H3;1-7H,(H,9,10,11)/q+1;. The Labute approximate surface area is 208 Å². The first-order valence-electron chi connectivity index (χ1n) is 13.2. The van der Waals surface area contributed by atoms with Crippen molar-refractivity contribution in [1.29, 1.82) is 0 Å². The molecule has 4 nitrogen and oxygen atoms in total. The zero-order chi connectivity index (χ0) is 24.7. The summed E-state index contributed by atoms with van der Waals surface area (Å²) in [6, 6.07) is 15.2. The number of unbranched alkanes of at least 4 members (excludes halogenated alkanes) is 13. The van der Waals surface area contributed by atoms with E-state index in [9.17, 15) is 8.42 Å². The number of hydrogen-bond donors (Lipinski definition) is 1. The van der Waals surface area contributed by atoms with Gasteiger partial charge in [0.25, 0.3) is 10.1 Å². The van der Waals surface area contributed by atoms with Crippen molar-refractivity contribution in [2.45, 2.75) is 103 Å². The first-order chi connectivity index (χ1) is 16.5. The van der Waals surface area contributed by atoms with Crippen LogP contribution >= 0.6 is 0 Å². The van der Waals surface area contributed by atoms with E-state index in [1.165, 1.54) is 103 Å². The van der Waals surface area contributed by atoms with Crippen LogP contribution in [0, 0.1) is 0 Å². The van der Waals surface area contributed by atoms with Gasteiger partial charge in [0.15, 0.2) is 12.4 Å². The van der Waals surface area contributed by atoms with E-state index in [1.807, 2.05) is 6.07 Å². The van der Waals surface area contributed by atoms with E-state index < -0.39 is 10.1 Å². The molecule has 1 aromatic carbocycles. The van der Waals surface area contributed by atoms with Crippen molar-refractivity contribution >= 4 is 16.2 Å². The van der Waals surface area contributed by atoms with Crippen molar-refractivity contribution in [3.05, 3.63) is 71.9 Å². The Kier molecular flexibility index (Phi) is 18.0. The number of aromatic nitrogens is 1. The Morgan fingerprint density at radius 2 is 1.12 bits per heavy atom. The number of aryl methyl sites for hydroxylation is 1. The van der Waals surface area contributed by atoms with Gasteiger partial charge in [-0.1, -0.05) is 120 Å². The highest BCUT2D eigenvalue weighted by Crippen LogP contribution is 2.12. The summed E-state index contributed by atoms with van der Waals surface area (Å²) in [6.07, 6.45) is 25.8. The number of rotatable bonds is 17. The molecule has 0 fully saturated rings. The fourth-order valence-electron chi connectivity index (χ4n) is 3.80. The largest absolute Gasteiger partial charge is 0.287 e. The molecule has 0 saturated carbocycles. The average molecular weight is 489 g/mol. The van der Waals surface area contributed by atoms with Crippen molar-refractivity contribution in [3.63, 3.8) is 0 Å². The number of benzene rings is 1. The second-order valence-corrected chi connectivity index (χ2v) is 10.2. The molecule has 0 aliphatic rings. The summed E-state index contributed by atoms with van der Waals surface area (Å²) in [4.78, 5) is 0. The molecule has 0 amide bonds. The molecule has 5 heteroatoms. The molecule has 1 N–H and O–H groups in total. The van der Waals surface area contributed by atoms with Crippen LogP contribution in [0.15, 0.2) is 66.3 Å². The fourth-order valence-corrected chi connectivity index (χ4v) is 4.13. The van der Waals surface area contributed by atoms with Crippen molar-refractivity contribution in [3.8, 4) is 0 Å². The zero-order valence-electron chi connectivity index (χ0n) is 21.2. The second-order valence-electron chi connectivity index (χ2n) is 8.94. The minimum absolute atomic E-state index is 0.732. The molecule has 34 heavy (non-hydrogen) atoms. The number of hydrogen-bond acceptors (Lipinski definition) is 2. The van der Waals surface area contributed by atoms with E-state index in [-0.39, 0.29) is 0 Å². The molecular weight excluding hydrogens is 442 g/mol. The summed E-state index contributed by atoms with van der Waals surface area (Å²) >= 11 is 0. The molecule has 1 aromatic heterocycles. The SMILES string of the molecule is CCCCCCCCCCCCCCCC[n+]1ccccc1.O=S(=O)(O)C=Cc1ccccc1. The molecule has 2 aromatic rings. The van der Waals surface area contributed by atoms with Crippen molar-refractivity contribution in [2.75, 3.05) is 0 Å². The van der Waals surface area contributed by atoms with Crippen LogP contribution in [0.1, 0.15) is 102 Å². The Balaban J connectivity index is 0.000000404. The first kappa shape index (κ1) is 30.1. The maximum atomic E-state index is 10.3. The number of nitrogens with zero attached hydrogens (tertiary/aromatic N) is 1. The van der Waals surface area contributed by atoms with E-state index in [2.05, 4.69) is 42.1 Å². The highest BCUT2D eigenvalue weighted by molar-refractivity contribution is 7.88. The van der Waals surface area contributed by atoms with Crippen molar-refractivity contribution < 1.29 is 17.5 Å². The summed E-state index contributed by atoms with van der Waals surface area (Å²) in [5, 5.41) is 0.752. The lowest BCUT2D eigenvalue weighted by atomic mass is 10.0. The highest BCUT2D eigenvalue weighted by atomic mass is 32.2. The van der Waals surface area contributed by atoms with Gasteiger partial charge in [-0.2, -0.15) is 8.42 Å². The molecule has 2 rings (SSSR count). The minimum atomic E-state index is -4.00. The topological polar surface area (TPSA) is 58.2 Å². The lowest BCUT2D eigenvalue weighted by Crippen LogP contribution is -2.32. The second kappa shape index (κ2) is 20.4. The predicted molar refractivity (Wildman–Crippen MR) is 144 cm³/mol. The van der Waals surface area contributed by atoms with Gasteiger partial charge in [-0.25, -0.2) is 4.57 Å². The van der Waals surface area contributed by atoms with Gasteiger partial charge >= 0.3 is 0 Å². The molecule has 0 bridgehead atoms. The fraction of sp³-hybridized carbons (Fsp3) is 0.552. The molecule has 0 aliphatic carbocycles. The first-order valence-corrected chi connectivity index (χ1v) is 14.7. The summed E-state index contributed by atoms with van der Waals surface area (Å²) in [7, 11) is -4.00. The summed E-state index contributed by atoms with van der Waals surface area (Å²) in [5.74, 6) is 0. The average Bonchev–Trinajstić information content (AvgIpc) is 2.84. The van der Waals surface area contributed by atoms with Crippen molar-refractivity contribution in [2.24, 2.45) is 0 Å². The normalized spacial score (nSPS) is 11.4. The van der Waals surface area contributed by atoms with Crippen LogP contribution < -0.4 is 4.57 Å². The lowest BCUT2D eigenvalue weighted by Gasteiger charge is -2.02. The smallest absolute Gasteiger partial charge is 0.282 e. The molecule has 0 aliphatic heterocycles. The quantitative estimate of drug-likeness (QED) is 0.139. The molecule has 190 valence electrons. The van der Waals surface area contributed by atoms with Gasteiger partial charge < -0.3 is 0 Å². The van der Waals surface area contributed by atoms with Crippen LogP contribution in [0.4, 0.5) is 0 Å². The van der Waals surface area contributed by atoms with E-state index in [1.54, 1.807) is 24.3 Å². The molecule has 0 saturated heterocycles. The molecule has 0 radical (unpaired) electrons. The van der Waals surface area contributed by atoms with Gasteiger partial charge in [-0.3, -0.25) is 4.55 Å². The van der Waals surface area contributed by atoms with Crippen LogP contribution in [-0.4, -0.2) is 13.0 Å². The van der Waals surface area contributed by atoms with Gasteiger partial charge in [-0.15, -0.1) is 0 Å². The maximum Gasteiger partial charge on any atom is 0.287 e. The molecule has 0 unspecified atom stereocenters. The monoisotopic (exact) mass is 488 g/mol. The van der Waals surface area contributed by atoms with Gasteiger partial charge in [-0.05, 0) is 18.1 Å². The summed E-state index contributed by atoms with van der Waals surface area (Å²) in [6.45, 7) is 3.47. The van der Waals surface area contributed by atoms with E-state index in [4.69, 9.17) is 4.55 Å². The maximum absolute atomic E-state index is 10.3. The Morgan fingerprint density at radius 1 is 0.676 bits per heavy atom. The highest BCUT2D eigenvalue weighted by Gasteiger charge is 1.98. The molecule has 0 atom stereocenters. The van der Waals surface area contributed by atoms with Gasteiger partial charge in [0.05, 0.1) is 5.41 Å². The third-order valence-electron chi connectivity index (χ3n) is 5.78. The van der Waals surface area contributed by atoms with E-state index in [0.29, 0.717) is 0 Å². The predicted octanol–water partition coefficient (Wildman–Crippen LogP) is 8.00. The van der Waals surface area contributed by atoms with Crippen LogP contribution in [0.2, 0.25) is 0 Å². The third kappa shape index (κ3) is 19.5. The Bertz CT molecular complexity index is 836. The van der Waals surface area contributed by atoms with Crippen LogP contribution in [0.5, 0.6) is 0 Å². The Hall–Kier alpha value is -1.98. The zero-order valence-corrected chi connectivity index (χ0v) is 22.0. The summed E-state index contributed by atoms with van der Waals surface area (Å²) < 4.78 is 31.2. The van der Waals surface area contributed by atoms with Gasteiger partial charge in [0.1, 0.15) is 6.54 Å². The molecule has 1 heterocycles. The van der Waals surface area contributed by atoms with E-state index in [0.717, 1.165) is 11.0 Å². The van der Waals surface area contributed by atoms with Gasteiger partial charge in [0, 0.05) is 18.6 Å². The lowest BCUT2D eigenvalue weighted by molar-refractivity contribution is -0.697. The third-order valence-corrected chi connectivity index (χ3v) is 6.26. The van der Waals surface area contributed by atoms with Crippen molar-refractivity contribution in [1.82, 2.24) is 0 Å². The minimum Gasteiger partial charge on any atom is -0.282 e. The summed E-state index contributed by atoms with van der Waals surface area (Å²) in [5.41, 5.74) is 0.732. The van der Waals surface area contributed by atoms with Gasteiger partial charge in [0.2, 0.25) is 0 Å². The molecule has 0 spiro atoms. The Morgan fingerprint density at radius 3 is 1.59 bits per heavy atom.